The van der Waals surface area contributed by atoms with Gasteiger partial charge in [0.2, 0.25) is 10.0 Å². The van der Waals surface area contributed by atoms with Gasteiger partial charge in [0, 0.05) is 46.5 Å². The molecule has 1 aliphatic rings. The Hall–Kier alpha value is -1.44. The van der Waals surface area contributed by atoms with Crippen LogP contribution in [0.3, 0.4) is 0 Å². The van der Waals surface area contributed by atoms with Gasteiger partial charge in [-0.2, -0.15) is 0 Å². The molecule has 1 heterocycles. The Labute approximate surface area is 138 Å². The molecule has 0 unspecified atom stereocenters. The molecular weight excluding hydrogens is 316 g/mol. The number of carbonyl (C=O) groups is 1. The first-order valence-corrected chi connectivity index (χ1v) is 9.12. The quantitative estimate of drug-likeness (QED) is 0.813. The molecule has 2 rings (SSSR count). The average molecular weight is 340 g/mol. The Morgan fingerprint density at radius 1 is 1.13 bits per heavy atom. The minimum atomic E-state index is -3.47. The summed E-state index contributed by atoms with van der Waals surface area (Å²) >= 11 is 0. The van der Waals surface area contributed by atoms with Gasteiger partial charge in [-0.05, 0) is 43.0 Å². The summed E-state index contributed by atoms with van der Waals surface area (Å²) in [6.45, 7) is 2.20. The Morgan fingerprint density at radius 2 is 1.70 bits per heavy atom. The highest BCUT2D eigenvalue weighted by atomic mass is 32.2. The van der Waals surface area contributed by atoms with Crippen LogP contribution in [0.1, 0.15) is 23.2 Å². The van der Waals surface area contributed by atoms with E-state index in [9.17, 15) is 13.2 Å². The van der Waals surface area contributed by atoms with Crippen molar-refractivity contribution in [2.45, 2.75) is 17.7 Å². The van der Waals surface area contributed by atoms with Crippen LogP contribution in [0.15, 0.2) is 29.2 Å². The van der Waals surface area contributed by atoms with Gasteiger partial charge >= 0.3 is 0 Å². The van der Waals surface area contributed by atoms with Gasteiger partial charge in [0.1, 0.15) is 0 Å². The zero-order valence-electron chi connectivity index (χ0n) is 13.9. The molecule has 0 aromatic heterocycles. The lowest BCUT2D eigenvalue weighted by molar-refractivity contribution is 0.0497. The molecular formula is C16H24N2O4S. The highest BCUT2D eigenvalue weighted by Gasteiger charge is 2.21. The van der Waals surface area contributed by atoms with Crippen LogP contribution < -0.4 is 0 Å². The highest BCUT2D eigenvalue weighted by molar-refractivity contribution is 7.89. The van der Waals surface area contributed by atoms with Crippen molar-refractivity contribution in [1.82, 2.24) is 9.21 Å². The van der Waals surface area contributed by atoms with Gasteiger partial charge in [-0.1, -0.05) is 0 Å². The summed E-state index contributed by atoms with van der Waals surface area (Å²) in [7, 11) is 1.28. The van der Waals surface area contributed by atoms with E-state index in [-0.39, 0.29) is 10.8 Å². The van der Waals surface area contributed by atoms with Crippen LogP contribution in [0.5, 0.6) is 0 Å². The number of amides is 1. The van der Waals surface area contributed by atoms with Crippen molar-refractivity contribution in [1.29, 1.82) is 0 Å². The second kappa shape index (κ2) is 7.42. The van der Waals surface area contributed by atoms with Gasteiger partial charge in [0.15, 0.2) is 0 Å². The molecule has 0 saturated carbocycles. The second-order valence-corrected chi connectivity index (χ2v) is 8.21. The largest absolute Gasteiger partial charge is 0.381 e. The normalized spacial score (nSPS) is 16.5. The van der Waals surface area contributed by atoms with Gasteiger partial charge < -0.3 is 9.64 Å². The smallest absolute Gasteiger partial charge is 0.253 e. The van der Waals surface area contributed by atoms with E-state index in [4.69, 9.17) is 4.74 Å². The third-order valence-electron chi connectivity index (χ3n) is 4.10. The maximum absolute atomic E-state index is 12.4. The van der Waals surface area contributed by atoms with E-state index in [0.29, 0.717) is 18.0 Å². The van der Waals surface area contributed by atoms with Gasteiger partial charge in [0.25, 0.3) is 5.91 Å². The number of hydrogen-bond donors (Lipinski definition) is 0. The molecule has 0 radical (unpaired) electrons. The van der Waals surface area contributed by atoms with E-state index in [0.717, 1.165) is 30.4 Å². The van der Waals surface area contributed by atoms with Crippen molar-refractivity contribution in [3.05, 3.63) is 29.8 Å². The third-order valence-corrected chi connectivity index (χ3v) is 5.93. The molecule has 128 valence electrons. The summed E-state index contributed by atoms with van der Waals surface area (Å²) in [6, 6.07) is 6.09. The molecule has 0 N–H and O–H groups in total. The molecule has 23 heavy (non-hydrogen) atoms. The highest BCUT2D eigenvalue weighted by Crippen LogP contribution is 2.18. The molecule has 0 atom stereocenters. The van der Waals surface area contributed by atoms with Crippen molar-refractivity contribution < 1.29 is 17.9 Å². The van der Waals surface area contributed by atoms with E-state index in [1.807, 2.05) is 0 Å². The topological polar surface area (TPSA) is 66.9 Å². The van der Waals surface area contributed by atoms with Crippen LogP contribution in [0, 0.1) is 5.92 Å². The number of rotatable bonds is 5. The molecule has 0 aliphatic carbocycles. The van der Waals surface area contributed by atoms with E-state index in [1.54, 1.807) is 24.1 Å². The minimum Gasteiger partial charge on any atom is -0.381 e. The average Bonchev–Trinajstić information content (AvgIpc) is 2.55. The third kappa shape index (κ3) is 4.31. The minimum absolute atomic E-state index is 0.0923. The number of nitrogens with zero attached hydrogens (tertiary/aromatic N) is 2. The number of carbonyl (C=O) groups excluding carboxylic acids is 1. The SMILES string of the molecule is CN(CC1CCOCC1)C(=O)c1ccc(S(=O)(=O)N(C)C)cc1. The van der Waals surface area contributed by atoms with E-state index in [1.165, 1.54) is 26.2 Å². The Bertz CT molecular complexity index is 635. The predicted octanol–water partition coefficient (Wildman–Crippen LogP) is 1.44. The van der Waals surface area contributed by atoms with Gasteiger partial charge in [0.05, 0.1) is 4.90 Å². The fourth-order valence-corrected chi connectivity index (χ4v) is 3.50. The molecule has 1 fully saturated rings. The molecule has 7 heteroatoms. The summed E-state index contributed by atoms with van der Waals surface area (Å²) < 4.78 is 30.5. The van der Waals surface area contributed by atoms with Crippen LogP contribution in [0.4, 0.5) is 0 Å². The monoisotopic (exact) mass is 340 g/mol. The Morgan fingerprint density at radius 3 is 2.22 bits per heavy atom. The van der Waals surface area contributed by atoms with E-state index < -0.39 is 10.0 Å². The van der Waals surface area contributed by atoms with Crippen LogP contribution in [-0.4, -0.2) is 64.4 Å². The standard InChI is InChI=1S/C16H24N2O4S/c1-17(2)23(20,21)15-6-4-14(5-7-15)16(19)18(3)12-13-8-10-22-11-9-13/h4-7,13H,8-12H2,1-3H3. The summed E-state index contributed by atoms with van der Waals surface area (Å²) in [5, 5.41) is 0. The molecule has 0 spiro atoms. The summed E-state index contributed by atoms with van der Waals surface area (Å²) in [6.07, 6.45) is 1.94. The van der Waals surface area contributed by atoms with Gasteiger partial charge in [-0.15, -0.1) is 0 Å². The first-order valence-electron chi connectivity index (χ1n) is 7.68. The van der Waals surface area contributed by atoms with Crippen molar-refractivity contribution in [2.75, 3.05) is 40.9 Å². The lowest BCUT2D eigenvalue weighted by Crippen LogP contribution is -2.34. The lowest BCUT2D eigenvalue weighted by atomic mass is 9.99. The second-order valence-electron chi connectivity index (χ2n) is 6.05. The molecule has 1 aromatic carbocycles. The number of ether oxygens (including phenoxy) is 1. The maximum atomic E-state index is 12.4. The predicted molar refractivity (Wildman–Crippen MR) is 87.8 cm³/mol. The zero-order chi connectivity index (χ0) is 17.0. The first kappa shape index (κ1) is 17.9. The van der Waals surface area contributed by atoms with Crippen molar-refractivity contribution in [3.8, 4) is 0 Å². The first-order chi connectivity index (χ1) is 10.8. The molecule has 0 bridgehead atoms. The number of benzene rings is 1. The van der Waals surface area contributed by atoms with Crippen LogP contribution in [0.2, 0.25) is 0 Å². The van der Waals surface area contributed by atoms with E-state index >= 15 is 0 Å². The fourth-order valence-electron chi connectivity index (χ4n) is 2.60. The van der Waals surface area contributed by atoms with Crippen LogP contribution in [-0.2, 0) is 14.8 Å². The lowest BCUT2D eigenvalue weighted by Gasteiger charge is -2.27. The van der Waals surface area contributed by atoms with Crippen molar-refractivity contribution in [2.24, 2.45) is 5.92 Å². The molecule has 1 amide bonds. The Kier molecular flexibility index (Phi) is 5.78. The van der Waals surface area contributed by atoms with Gasteiger partial charge in [-0.3, -0.25) is 4.79 Å². The maximum Gasteiger partial charge on any atom is 0.253 e. The molecule has 1 aromatic rings. The summed E-state index contributed by atoms with van der Waals surface area (Å²) in [4.78, 5) is 14.3. The van der Waals surface area contributed by atoms with E-state index in [2.05, 4.69) is 0 Å². The zero-order valence-corrected chi connectivity index (χ0v) is 14.7. The van der Waals surface area contributed by atoms with Crippen LogP contribution >= 0.6 is 0 Å². The molecule has 1 saturated heterocycles. The Balaban J connectivity index is 2.05. The summed E-state index contributed by atoms with van der Waals surface area (Å²) in [5.74, 6) is 0.372. The molecule has 1 aliphatic heterocycles. The number of sulfonamides is 1. The molecule has 6 nitrogen and oxygen atoms in total. The van der Waals surface area contributed by atoms with Gasteiger partial charge in [-0.25, -0.2) is 12.7 Å². The van der Waals surface area contributed by atoms with Crippen molar-refractivity contribution in [3.63, 3.8) is 0 Å². The fraction of sp³-hybridized carbons (Fsp3) is 0.562. The van der Waals surface area contributed by atoms with Crippen LogP contribution in [0.25, 0.3) is 0 Å². The number of hydrogen-bond acceptors (Lipinski definition) is 4. The van der Waals surface area contributed by atoms with Crippen molar-refractivity contribution >= 4 is 15.9 Å². The summed E-state index contributed by atoms with van der Waals surface area (Å²) in [5.41, 5.74) is 0.497.